The van der Waals surface area contributed by atoms with E-state index in [-0.39, 0.29) is 12.5 Å². The molecule has 2 saturated heterocycles. The number of nitrogens with zero attached hydrogens (tertiary/aromatic N) is 2. The number of carbonyl (C=O) groups is 1. The Morgan fingerprint density at radius 2 is 1.89 bits per heavy atom. The number of likely N-dealkylation sites (tertiary alicyclic amines) is 2. The SMILES string of the molecule is O=C(O)CCN1CCCC(N2CCC(O)CC2)C1. The number of aliphatic carboxylic acids is 1. The lowest BCUT2D eigenvalue weighted by Crippen LogP contribution is -2.51. The van der Waals surface area contributed by atoms with Crippen molar-refractivity contribution >= 4 is 5.97 Å². The standard InChI is InChI=1S/C13H24N2O3/c16-12-3-8-15(9-4-12)11-2-1-6-14(10-11)7-5-13(17)18/h11-12,16H,1-10H2,(H,17,18). The Bertz CT molecular complexity index is 277. The Balaban J connectivity index is 1.77. The smallest absolute Gasteiger partial charge is 0.304 e. The molecule has 104 valence electrons. The third-order valence-corrected chi connectivity index (χ3v) is 4.14. The highest BCUT2D eigenvalue weighted by Gasteiger charge is 2.28. The van der Waals surface area contributed by atoms with Gasteiger partial charge in [0, 0.05) is 32.2 Å². The number of aliphatic hydroxyl groups excluding tert-OH is 1. The first-order valence-corrected chi connectivity index (χ1v) is 7.01. The molecule has 2 aliphatic rings. The molecule has 0 aromatic heterocycles. The van der Waals surface area contributed by atoms with Gasteiger partial charge >= 0.3 is 5.97 Å². The summed E-state index contributed by atoms with van der Waals surface area (Å²) in [6.07, 6.45) is 4.25. The fourth-order valence-electron chi connectivity index (χ4n) is 3.04. The first-order chi connectivity index (χ1) is 8.65. The average molecular weight is 256 g/mol. The zero-order valence-corrected chi connectivity index (χ0v) is 10.9. The highest BCUT2D eigenvalue weighted by atomic mass is 16.4. The monoisotopic (exact) mass is 256 g/mol. The summed E-state index contributed by atoms with van der Waals surface area (Å²) in [5, 5.41) is 18.2. The summed E-state index contributed by atoms with van der Waals surface area (Å²) in [6.45, 7) is 4.66. The molecule has 1 atom stereocenters. The molecule has 5 heteroatoms. The summed E-state index contributed by atoms with van der Waals surface area (Å²) in [5.41, 5.74) is 0. The van der Waals surface area contributed by atoms with Gasteiger partial charge in [-0.15, -0.1) is 0 Å². The van der Waals surface area contributed by atoms with Crippen molar-refractivity contribution in [3.63, 3.8) is 0 Å². The predicted octanol–water partition coefficient (Wildman–Crippen LogP) is 0.382. The molecule has 0 amide bonds. The molecule has 2 fully saturated rings. The van der Waals surface area contributed by atoms with Crippen LogP contribution in [0, 0.1) is 0 Å². The van der Waals surface area contributed by atoms with Gasteiger partial charge in [-0.25, -0.2) is 0 Å². The number of piperidine rings is 2. The van der Waals surface area contributed by atoms with Gasteiger partial charge in [0.25, 0.3) is 0 Å². The minimum Gasteiger partial charge on any atom is -0.481 e. The summed E-state index contributed by atoms with van der Waals surface area (Å²) in [7, 11) is 0. The summed E-state index contributed by atoms with van der Waals surface area (Å²) >= 11 is 0. The molecule has 2 aliphatic heterocycles. The van der Waals surface area contributed by atoms with E-state index in [0.717, 1.165) is 45.4 Å². The van der Waals surface area contributed by atoms with E-state index in [2.05, 4.69) is 9.80 Å². The summed E-state index contributed by atoms with van der Waals surface area (Å²) in [5.74, 6) is -0.710. The minimum atomic E-state index is -0.710. The fraction of sp³-hybridized carbons (Fsp3) is 0.923. The van der Waals surface area contributed by atoms with Crippen LogP contribution in [0.15, 0.2) is 0 Å². The molecular formula is C13H24N2O3. The highest BCUT2D eigenvalue weighted by molar-refractivity contribution is 5.66. The highest BCUT2D eigenvalue weighted by Crippen LogP contribution is 2.20. The van der Waals surface area contributed by atoms with Crippen LogP contribution in [0.1, 0.15) is 32.1 Å². The Hall–Kier alpha value is -0.650. The van der Waals surface area contributed by atoms with Crippen LogP contribution in [0.4, 0.5) is 0 Å². The second kappa shape index (κ2) is 6.50. The average Bonchev–Trinajstić information content (AvgIpc) is 2.37. The Labute approximate surface area is 108 Å². The van der Waals surface area contributed by atoms with Crippen molar-refractivity contribution in [2.75, 3.05) is 32.7 Å². The van der Waals surface area contributed by atoms with E-state index in [0.29, 0.717) is 12.6 Å². The number of aliphatic hydroxyl groups is 1. The summed E-state index contributed by atoms with van der Waals surface area (Å²) in [6, 6.07) is 0.556. The van der Waals surface area contributed by atoms with Gasteiger partial charge in [-0.2, -0.15) is 0 Å². The Kier molecular flexibility index (Phi) is 4.97. The zero-order chi connectivity index (χ0) is 13.0. The van der Waals surface area contributed by atoms with Crippen LogP contribution in [0.2, 0.25) is 0 Å². The molecule has 0 saturated carbocycles. The molecule has 0 spiro atoms. The van der Waals surface area contributed by atoms with Crippen LogP contribution in [-0.2, 0) is 4.79 Å². The molecule has 2 N–H and O–H groups in total. The predicted molar refractivity (Wildman–Crippen MR) is 68.5 cm³/mol. The van der Waals surface area contributed by atoms with E-state index >= 15 is 0 Å². The van der Waals surface area contributed by atoms with Gasteiger partial charge in [-0.05, 0) is 32.2 Å². The lowest BCUT2D eigenvalue weighted by Gasteiger charge is -2.41. The number of carboxylic acid groups (broad SMARTS) is 1. The van der Waals surface area contributed by atoms with Crippen molar-refractivity contribution in [1.82, 2.24) is 9.80 Å². The first-order valence-electron chi connectivity index (χ1n) is 7.01. The van der Waals surface area contributed by atoms with Gasteiger partial charge in [0.2, 0.25) is 0 Å². The van der Waals surface area contributed by atoms with E-state index in [1.54, 1.807) is 0 Å². The van der Waals surface area contributed by atoms with Crippen molar-refractivity contribution in [2.24, 2.45) is 0 Å². The van der Waals surface area contributed by atoms with Gasteiger partial charge < -0.3 is 15.1 Å². The number of hydrogen-bond donors (Lipinski definition) is 2. The van der Waals surface area contributed by atoms with Gasteiger partial charge in [0.05, 0.1) is 12.5 Å². The molecule has 0 radical (unpaired) electrons. The maximum atomic E-state index is 10.6. The maximum Gasteiger partial charge on any atom is 0.304 e. The summed E-state index contributed by atoms with van der Waals surface area (Å²) < 4.78 is 0. The van der Waals surface area contributed by atoms with E-state index in [4.69, 9.17) is 5.11 Å². The normalized spacial score (nSPS) is 28.4. The van der Waals surface area contributed by atoms with E-state index < -0.39 is 5.97 Å². The van der Waals surface area contributed by atoms with Crippen LogP contribution >= 0.6 is 0 Å². The first kappa shape index (κ1) is 13.8. The molecule has 0 aromatic rings. The van der Waals surface area contributed by atoms with Crippen LogP contribution in [0.3, 0.4) is 0 Å². The van der Waals surface area contributed by atoms with Crippen molar-refractivity contribution in [3.05, 3.63) is 0 Å². The number of hydrogen-bond acceptors (Lipinski definition) is 4. The molecule has 18 heavy (non-hydrogen) atoms. The molecule has 0 aliphatic carbocycles. The van der Waals surface area contributed by atoms with Crippen LogP contribution < -0.4 is 0 Å². The molecular weight excluding hydrogens is 232 g/mol. The zero-order valence-electron chi connectivity index (χ0n) is 10.9. The lowest BCUT2D eigenvalue weighted by molar-refractivity contribution is -0.137. The van der Waals surface area contributed by atoms with Crippen molar-refractivity contribution in [2.45, 2.75) is 44.2 Å². The van der Waals surface area contributed by atoms with Crippen LogP contribution in [0.5, 0.6) is 0 Å². The van der Waals surface area contributed by atoms with Crippen molar-refractivity contribution in [3.8, 4) is 0 Å². The molecule has 0 bridgehead atoms. The third kappa shape index (κ3) is 3.93. The van der Waals surface area contributed by atoms with Crippen LogP contribution in [0.25, 0.3) is 0 Å². The molecule has 2 heterocycles. The number of carboxylic acids is 1. The van der Waals surface area contributed by atoms with E-state index in [1.807, 2.05) is 0 Å². The quantitative estimate of drug-likeness (QED) is 0.761. The van der Waals surface area contributed by atoms with Gasteiger partial charge in [0.1, 0.15) is 0 Å². The topological polar surface area (TPSA) is 64.0 Å². The third-order valence-electron chi connectivity index (χ3n) is 4.14. The fourth-order valence-corrected chi connectivity index (χ4v) is 3.04. The van der Waals surface area contributed by atoms with Gasteiger partial charge in [-0.3, -0.25) is 9.69 Å². The maximum absolute atomic E-state index is 10.6. The lowest BCUT2D eigenvalue weighted by atomic mass is 9.99. The molecule has 5 nitrogen and oxygen atoms in total. The Morgan fingerprint density at radius 3 is 2.56 bits per heavy atom. The van der Waals surface area contributed by atoms with Gasteiger partial charge in [0.15, 0.2) is 0 Å². The van der Waals surface area contributed by atoms with Gasteiger partial charge in [-0.1, -0.05) is 0 Å². The second-order valence-corrected chi connectivity index (χ2v) is 5.51. The summed E-state index contributed by atoms with van der Waals surface area (Å²) in [4.78, 5) is 15.3. The van der Waals surface area contributed by atoms with Crippen LogP contribution in [-0.4, -0.2) is 70.9 Å². The molecule has 1 unspecified atom stereocenters. The molecule has 2 rings (SSSR count). The molecule has 0 aromatic carbocycles. The Morgan fingerprint density at radius 1 is 1.17 bits per heavy atom. The minimum absolute atomic E-state index is 0.118. The van der Waals surface area contributed by atoms with E-state index in [9.17, 15) is 9.90 Å². The largest absolute Gasteiger partial charge is 0.481 e. The van der Waals surface area contributed by atoms with Crippen molar-refractivity contribution in [1.29, 1.82) is 0 Å². The number of rotatable bonds is 4. The van der Waals surface area contributed by atoms with E-state index in [1.165, 1.54) is 6.42 Å². The van der Waals surface area contributed by atoms with Crippen molar-refractivity contribution < 1.29 is 15.0 Å². The second-order valence-electron chi connectivity index (χ2n) is 5.51.